The number of amides is 1. The molecule has 0 unspecified atom stereocenters. The van der Waals surface area contributed by atoms with E-state index in [0.29, 0.717) is 16.1 Å². The average molecular weight is 426 g/mol. The molecule has 1 aromatic heterocycles. The minimum Gasteiger partial charge on any atom is -0.345 e. The first kappa shape index (κ1) is 19.2. The smallest absolute Gasteiger partial charge is 0.272 e. The molecule has 0 atom stereocenters. The number of carbonyl (C=O) groups is 1. The van der Waals surface area contributed by atoms with Gasteiger partial charge in [-0.05, 0) is 53.6 Å². The fourth-order valence-electron chi connectivity index (χ4n) is 3.10. The van der Waals surface area contributed by atoms with Crippen LogP contribution in [0.4, 0.5) is 5.69 Å². The largest absolute Gasteiger partial charge is 0.345 e. The van der Waals surface area contributed by atoms with Crippen molar-refractivity contribution in [1.82, 2.24) is 9.97 Å². The molecule has 0 saturated heterocycles. The number of carbonyl (C=O) groups excluding carboxylic acids is 1. The van der Waals surface area contributed by atoms with Gasteiger partial charge in [-0.25, -0.2) is 17.7 Å². The number of aromatic amines is 1. The zero-order valence-electron chi connectivity index (χ0n) is 15.3. The number of fused-ring (bicyclic) bond motifs is 1. The molecule has 0 aliphatic carbocycles. The van der Waals surface area contributed by atoms with E-state index in [-0.39, 0.29) is 11.3 Å². The third kappa shape index (κ3) is 3.87. The average Bonchev–Trinajstić information content (AvgIpc) is 3.15. The summed E-state index contributed by atoms with van der Waals surface area (Å²) in [6.07, 6.45) is 2.53. The van der Waals surface area contributed by atoms with Crippen LogP contribution in [0.25, 0.3) is 22.2 Å². The molecule has 146 valence electrons. The maximum absolute atomic E-state index is 13.1. The number of halogens is 1. The Morgan fingerprint density at radius 2 is 1.76 bits per heavy atom. The van der Waals surface area contributed by atoms with Crippen molar-refractivity contribution in [1.29, 1.82) is 0 Å². The van der Waals surface area contributed by atoms with Crippen LogP contribution in [-0.2, 0) is 10.0 Å². The summed E-state index contributed by atoms with van der Waals surface area (Å²) in [5, 5.41) is 0.604. The number of sulfonamides is 1. The van der Waals surface area contributed by atoms with Gasteiger partial charge in [0.05, 0.1) is 29.3 Å². The number of nitrogens with one attached hydrogen (secondary N) is 1. The molecule has 1 amide bonds. The van der Waals surface area contributed by atoms with Crippen LogP contribution in [0.1, 0.15) is 10.4 Å². The van der Waals surface area contributed by atoms with Crippen LogP contribution in [0, 0.1) is 0 Å². The summed E-state index contributed by atoms with van der Waals surface area (Å²) in [4.78, 5) is 20.2. The Balaban J connectivity index is 1.78. The van der Waals surface area contributed by atoms with Crippen LogP contribution in [0.5, 0.6) is 0 Å². The first-order valence-corrected chi connectivity index (χ1v) is 10.9. The van der Waals surface area contributed by atoms with E-state index in [9.17, 15) is 13.2 Å². The SMILES string of the molecule is CS(=O)(=O)N(C(=O)c1ccc2nc[nH]c2c1)c1cccc(-c2ccc(Cl)cc2)c1. The normalized spacial score (nSPS) is 11.5. The first-order chi connectivity index (χ1) is 13.8. The van der Waals surface area contributed by atoms with Crippen LogP contribution in [0.2, 0.25) is 5.02 Å². The maximum atomic E-state index is 13.1. The maximum Gasteiger partial charge on any atom is 0.272 e. The summed E-state index contributed by atoms with van der Waals surface area (Å²) in [7, 11) is -3.87. The molecule has 29 heavy (non-hydrogen) atoms. The summed E-state index contributed by atoms with van der Waals surface area (Å²) >= 11 is 5.94. The van der Waals surface area contributed by atoms with Crippen LogP contribution < -0.4 is 4.31 Å². The molecular formula is C21H16ClN3O3S. The van der Waals surface area contributed by atoms with Crippen molar-refractivity contribution < 1.29 is 13.2 Å². The third-order valence-electron chi connectivity index (χ3n) is 4.44. The number of imidazole rings is 1. The van der Waals surface area contributed by atoms with Crippen LogP contribution >= 0.6 is 11.6 Å². The van der Waals surface area contributed by atoms with E-state index >= 15 is 0 Å². The van der Waals surface area contributed by atoms with Gasteiger partial charge in [-0.15, -0.1) is 0 Å². The number of nitrogens with zero attached hydrogens (tertiary/aromatic N) is 2. The van der Waals surface area contributed by atoms with Crippen molar-refractivity contribution >= 4 is 44.3 Å². The summed E-state index contributed by atoms with van der Waals surface area (Å²) < 4.78 is 25.8. The second-order valence-corrected chi connectivity index (χ2v) is 8.79. The molecule has 3 aromatic carbocycles. The predicted octanol–water partition coefficient (Wildman–Crippen LogP) is 4.49. The van der Waals surface area contributed by atoms with E-state index in [0.717, 1.165) is 21.7 Å². The highest BCUT2D eigenvalue weighted by molar-refractivity contribution is 7.92. The van der Waals surface area contributed by atoms with E-state index in [4.69, 9.17) is 11.6 Å². The van der Waals surface area contributed by atoms with E-state index in [2.05, 4.69) is 9.97 Å². The molecule has 1 N–H and O–H groups in total. The van der Waals surface area contributed by atoms with Crippen molar-refractivity contribution in [3.05, 3.63) is 83.6 Å². The lowest BCUT2D eigenvalue weighted by Gasteiger charge is -2.21. The lowest BCUT2D eigenvalue weighted by Crippen LogP contribution is -2.36. The molecule has 0 radical (unpaired) electrons. The van der Waals surface area contributed by atoms with Gasteiger partial charge in [-0.1, -0.05) is 35.9 Å². The fraction of sp³-hybridized carbons (Fsp3) is 0.0476. The molecule has 4 aromatic rings. The van der Waals surface area contributed by atoms with Gasteiger partial charge in [0.1, 0.15) is 0 Å². The van der Waals surface area contributed by atoms with Gasteiger partial charge in [0.2, 0.25) is 10.0 Å². The zero-order chi connectivity index (χ0) is 20.6. The second kappa shape index (κ2) is 7.35. The van der Waals surface area contributed by atoms with Crippen molar-refractivity contribution in [2.45, 2.75) is 0 Å². The quantitative estimate of drug-likeness (QED) is 0.522. The van der Waals surface area contributed by atoms with Gasteiger partial charge in [0.15, 0.2) is 0 Å². The van der Waals surface area contributed by atoms with Crippen LogP contribution in [0.3, 0.4) is 0 Å². The number of rotatable bonds is 4. The van der Waals surface area contributed by atoms with Crippen molar-refractivity contribution in [3.63, 3.8) is 0 Å². The van der Waals surface area contributed by atoms with E-state index in [1.165, 1.54) is 6.33 Å². The van der Waals surface area contributed by atoms with Crippen molar-refractivity contribution in [2.75, 3.05) is 10.6 Å². The van der Waals surface area contributed by atoms with E-state index < -0.39 is 15.9 Å². The number of hydrogen-bond acceptors (Lipinski definition) is 4. The number of benzene rings is 3. The number of aromatic nitrogens is 2. The number of hydrogen-bond donors (Lipinski definition) is 1. The Hall–Kier alpha value is -3.16. The Morgan fingerprint density at radius 1 is 1.00 bits per heavy atom. The van der Waals surface area contributed by atoms with Gasteiger partial charge in [-0.2, -0.15) is 0 Å². The topological polar surface area (TPSA) is 83.1 Å². The van der Waals surface area contributed by atoms with Crippen molar-refractivity contribution in [2.24, 2.45) is 0 Å². The summed E-state index contributed by atoms with van der Waals surface area (Å²) in [6.45, 7) is 0. The Labute approximate surface area is 172 Å². The molecule has 0 bridgehead atoms. The van der Waals surface area contributed by atoms with Gasteiger partial charge < -0.3 is 4.98 Å². The summed E-state index contributed by atoms with van der Waals surface area (Å²) in [5.74, 6) is -0.641. The standard InChI is InChI=1S/C21H16ClN3O3S/c1-29(27,28)25(21(26)16-7-10-19-20(12-16)24-13-23-19)18-4-2-3-15(11-18)14-5-8-17(22)9-6-14/h2-13H,1H3,(H,23,24). The molecule has 0 aliphatic heterocycles. The Morgan fingerprint density at radius 3 is 2.48 bits per heavy atom. The fourth-order valence-corrected chi connectivity index (χ4v) is 4.13. The lowest BCUT2D eigenvalue weighted by molar-refractivity contribution is 0.101. The molecule has 8 heteroatoms. The minimum absolute atomic E-state index is 0.240. The van der Waals surface area contributed by atoms with Gasteiger partial charge in [0.25, 0.3) is 5.91 Å². The highest BCUT2D eigenvalue weighted by Gasteiger charge is 2.27. The number of anilines is 1. The minimum atomic E-state index is -3.87. The Kier molecular flexibility index (Phi) is 4.86. The van der Waals surface area contributed by atoms with Crippen LogP contribution in [-0.4, -0.2) is 30.5 Å². The highest BCUT2D eigenvalue weighted by Crippen LogP contribution is 2.28. The molecule has 4 rings (SSSR count). The van der Waals surface area contributed by atoms with Gasteiger partial charge >= 0.3 is 0 Å². The third-order valence-corrected chi connectivity index (χ3v) is 5.73. The van der Waals surface area contributed by atoms with Crippen molar-refractivity contribution in [3.8, 4) is 11.1 Å². The van der Waals surface area contributed by atoms with Crippen LogP contribution in [0.15, 0.2) is 73.1 Å². The molecule has 0 saturated carbocycles. The highest BCUT2D eigenvalue weighted by atomic mass is 35.5. The molecule has 0 spiro atoms. The molecule has 1 heterocycles. The molecule has 0 fully saturated rings. The monoisotopic (exact) mass is 425 g/mol. The molecule has 0 aliphatic rings. The number of H-pyrrole nitrogens is 1. The van der Waals surface area contributed by atoms with Gasteiger partial charge in [0, 0.05) is 10.6 Å². The summed E-state index contributed by atoms with van der Waals surface area (Å²) in [5.41, 5.74) is 3.47. The summed E-state index contributed by atoms with van der Waals surface area (Å²) in [6, 6.07) is 18.8. The van der Waals surface area contributed by atoms with E-state index in [1.807, 2.05) is 18.2 Å². The Bertz CT molecular complexity index is 1310. The zero-order valence-corrected chi connectivity index (χ0v) is 16.9. The first-order valence-electron chi connectivity index (χ1n) is 8.67. The second-order valence-electron chi connectivity index (χ2n) is 6.52. The van der Waals surface area contributed by atoms with E-state index in [1.54, 1.807) is 48.5 Å². The predicted molar refractivity (Wildman–Crippen MR) is 115 cm³/mol. The molecule has 6 nitrogen and oxygen atoms in total. The van der Waals surface area contributed by atoms with Gasteiger partial charge in [-0.3, -0.25) is 4.79 Å². The lowest BCUT2D eigenvalue weighted by atomic mass is 10.1. The molecular weight excluding hydrogens is 410 g/mol.